The van der Waals surface area contributed by atoms with Crippen molar-refractivity contribution in [2.75, 3.05) is 24.6 Å². The van der Waals surface area contributed by atoms with Gasteiger partial charge in [-0.05, 0) is 26.0 Å². The zero-order chi connectivity index (χ0) is 13.5. The van der Waals surface area contributed by atoms with Gasteiger partial charge in [0.2, 0.25) is 5.91 Å². The van der Waals surface area contributed by atoms with Crippen LogP contribution in [0.3, 0.4) is 0 Å². The fourth-order valence-corrected chi connectivity index (χ4v) is 1.49. The van der Waals surface area contributed by atoms with Gasteiger partial charge in [-0.25, -0.2) is 0 Å². The summed E-state index contributed by atoms with van der Waals surface area (Å²) in [5.74, 6) is 0.658. The Balaban J connectivity index is 2.63. The number of amides is 1. The largest absolute Gasteiger partial charge is 0.489 e. The third-order valence-corrected chi connectivity index (χ3v) is 2.38. The molecule has 4 N–H and O–H groups in total. The van der Waals surface area contributed by atoms with Gasteiger partial charge in [-0.15, -0.1) is 0 Å². The number of para-hydroxylation sites is 1. The lowest BCUT2D eigenvalue weighted by Crippen LogP contribution is -2.21. The second kappa shape index (κ2) is 6.74. The van der Waals surface area contributed by atoms with Crippen molar-refractivity contribution >= 4 is 17.3 Å². The number of nitrogen functional groups attached to an aromatic ring is 1. The number of carbonyl (C=O) groups excluding carboxylic acids is 1. The van der Waals surface area contributed by atoms with Crippen LogP contribution in [0.4, 0.5) is 11.4 Å². The summed E-state index contributed by atoms with van der Waals surface area (Å²) in [7, 11) is 1.62. The van der Waals surface area contributed by atoms with Crippen LogP contribution in [0.1, 0.15) is 20.3 Å². The number of nitrogens with one attached hydrogen (secondary N) is 2. The minimum absolute atomic E-state index is 0.00402. The monoisotopic (exact) mass is 251 g/mol. The lowest BCUT2D eigenvalue weighted by atomic mass is 10.2. The summed E-state index contributed by atoms with van der Waals surface area (Å²) in [6, 6.07) is 5.57. The molecule has 18 heavy (non-hydrogen) atoms. The van der Waals surface area contributed by atoms with Gasteiger partial charge in [0.05, 0.1) is 17.5 Å². The Morgan fingerprint density at radius 3 is 2.78 bits per heavy atom. The fourth-order valence-electron chi connectivity index (χ4n) is 1.49. The van der Waals surface area contributed by atoms with Crippen LogP contribution in [0, 0.1) is 0 Å². The van der Waals surface area contributed by atoms with Crippen molar-refractivity contribution in [2.45, 2.75) is 26.4 Å². The Labute approximate surface area is 108 Å². The lowest BCUT2D eigenvalue weighted by Gasteiger charge is -2.15. The average Bonchev–Trinajstić information content (AvgIpc) is 2.33. The predicted octanol–water partition coefficient (Wildman–Crippen LogP) is 1.60. The average molecular weight is 251 g/mol. The maximum Gasteiger partial charge on any atom is 0.221 e. The number of nitrogens with two attached hydrogens (primary N) is 1. The molecule has 100 valence electrons. The first-order valence-electron chi connectivity index (χ1n) is 6.04. The van der Waals surface area contributed by atoms with Gasteiger partial charge in [-0.2, -0.15) is 0 Å². The first kappa shape index (κ1) is 14.2. The number of ether oxygens (including phenoxy) is 1. The van der Waals surface area contributed by atoms with Crippen molar-refractivity contribution in [3.63, 3.8) is 0 Å². The van der Waals surface area contributed by atoms with E-state index >= 15 is 0 Å². The van der Waals surface area contributed by atoms with Crippen LogP contribution in [0.15, 0.2) is 18.2 Å². The Bertz CT molecular complexity index is 405. The second-order valence-corrected chi connectivity index (χ2v) is 4.23. The molecule has 0 fully saturated rings. The molecule has 0 aliphatic rings. The van der Waals surface area contributed by atoms with Crippen LogP contribution < -0.4 is 21.1 Å². The van der Waals surface area contributed by atoms with Crippen molar-refractivity contribution in [3.05, 3.63) is 18.2 Å². The van der Waals surface area contributed by atoms with Gasteiger partial charge >= 0.3 is 0 Å². The first-order valence-corrected chi connectivity index (χ1v) is 6.04. The third kappa shape index (κ3) is 4.16. The van der Waals surface area contributed by atoms with Crippen molar-refractivity contribution < 1.29 is 9.53 Å². The molecule has 0 bridgehead atoms. The van der Waals surface area contributed by atoms with Crippen molar-refractivity contribution in [1.29, 1.82) is 0 Å². The standard InChI is InChI=1S/C13H21N3O2/c1-9(2)18-11-6-4-5-10(13(11)14)16-8-7-12(17)15-3/h4-6,9,16H,7-8,14H2,1-3H3,(H,15,17). The number of benzene rings is 1. The molecular formula is C13H21N3O2. The minimum atomic E-state index is -0.00402. The fraction of sp³-hybridized carbons (Fsp3) is 0.462. The van der Waals surface area contributed by atoms with Crippen LogP contribution >= 0.6 is 0 Å². The molecule has 0 aromatic heterocycles. The van der Waals surface area contributed by atoms with Gasteiger partial charge in [0.15, 0.2) is 0 Å². The lowest BCUT2D eigenvalue weighted by molar-refractivity contribution is -0.120. The number of hydrogen-bond acceptors (Lipinski definition) is 4. The topological polar surface area (TPSA) is 76.4 Å². The van der Waals surface area contributed by atoms with Gasteiger partial charge in [0.1, 0.15) is 5.75 Å². The summed E-state index contributed by atoms with van der Waals surface area (Å²) in [5.41, 5.74) is 7.35. The van der Waals surface area contributed by atoms with Crippen LogP contribution in [0.2, 0.25) is 0 Å². The van der Waals surface area contributed by atoms with E-state index in [-0.39, 0.29) is 12.0 Å². The van der Waals surface area contributed by atoms with Gasteiger partial charge in [0, 0.05) is 20.0 Å². The van der Waals surface area contributed by atoms with E-state index in [4.69, 9.17) is 10.5 Å². The quantitative estimate of drug-likeness (QED) is 0.671. The van der Waals surface area contributed by atoms with Gasteiger partial charge in [0.25, 0.3) is 0 Å². The molecule has 0 aliphatic heterocycles. The third-order valence-electron chi connectivity index (χ3n) is 2.38. The Morgan fingerprint density at radius 1 is 1.44 bits per heavy atom. The van der Waals surface area contributed by atoms with E-state index in [1.54, 1.807) is 7.05 Å². The van der Waals surface area contributed by atoms with Crippen LogP contribution in [0.5, 0.6) is 5.75 Å². The number of hydrogen-bond donors (Lipinski definition) is 3. The molecular weight excluding hydrogens is 230 g/mol. The maximum atomic E-state index is 11.1. The summed E-state index contributed by atoms with van der Waals surface area (Å²) < 4.78 is 5.59. The molecule has 1 aromatic rings. The molecule has 0 heterocycles. The molecule has 0 unspecified atom stereocenters. The van der Waals surface area contributed by atoms with E-state index in [1.165, 1.54) is 0 Å². The molecule has 1 aromatic carbocycles. The van der Waals surface area contributed by atoms with E-state index < -0.39 is 0 Å². The molecule has 0 spiro atoms. The highest BCUT2D eigenvalue weighted by Crippen LogP contribution is 2.29. The smallest absolute Gasteiger partial charge is 0.221 e. The summed E-state index contributed by atoms with van der Waals surface area (Å²) in [6.07, 6.45) is 0.485. The molecule has 0 saturated heterocycles. The second-order valence-electron chi connectivity index (χ2n) is 4.23. The van der Waals surface area contributed by atoms with Gasteiger partial charge in [-0.1, -0.05) is 6.07 Å². The highest BCUT2D eigenvalue weighted by Gasteiger charge is 2.07. The molecule has 0 saturated carbocycles. The summed E-state index contributed by atoms with van der Waals surface area (Å²) >= 11 is 0. The zero-order valence-corrected chi connectivity index (χ0v) is 11.1. The van der Waals surface area contributed by atoms with E-state index in [1.807, 2.05) is 32.0 Å². The highest BCUT2D eigenvalue weighted by atomic mass is 16.5. The van der Waals surface area contributed by atoms with Crippen LogP contribution in [0.25, 0.3) is 0 Å². The molecule has 0 radical (unpaired) electrons. The molecule has 0 aliphatic carbocycles. The molecule has 1 rings (SSSR count). The number of rotatable bonds is 6. The zero-order valence-electron chi connectivity index (χ0n) is 11.1. The van der Waals surface area contributed by atoms with Crippen molar-refractivity contribution in [2.24, 2.45) is 0 Å². The van der Waals surface area contributed by atoms with Crippen LogP contribution in [-0.4, -0.2) is 25.6 Å². The summed E-state index contributed by atoms with van der Waals surface area (Å²) in [6.45, 7) is 4.44. The first-order chi connectivity index (χ1) is 8.54. The molecule has 0 atom stereocenters. The van der Waals surface area contributed by atoms with Gasteiger partial charge in [-0.3, -0.25) is 4.79 Å². The summed E-state index contributed by atoms with van der Waals surface area (Å²) in [4.78, 5) is 11.1. The van der Waals surface area contributed by atoms with Crippen molar-refractivity contribution in [1.82, 2.24) is 5.32 Å². The highest BCUT2D eigenvalue weighted by molar-refractivity contribution is 5.77. The van der Waals surface area contributed by atoms with Crippen LogP contribution in [-0.2, 0) is 4.79 Å². The molecule has 5 nitrogen and oxygen atoms in total. The van der Waals surface area contributed by atoms with Crippen molar-refractivity contribution in [3.8, 4) is 5.75 Å². The summed E-state index contributed by atoms with van der Waals surface area (Å²) in [5, 5.41) is 5.69. The Morgan fingerprint density at radius 2 is 2.17 bits per heavy atom. The van der Waals surface area contributed by atoms with E-state index in [2.05, 4.69) is 10.6 Å². The Hall–Kier alpha value is -1.91. The van der Waals surface area contributed by atoms with E-state index in [9.17, 15) is 4.79 Å². The van der Waals surface area contributed by atoms with E-state index in [0.717, 1.165) is 5.69 Å². The predicted molar refractivity (Wildman–Crippen MR) is 73.8 cm³/mol. The number of carbonyl (C=O) groups is 1. The molecule has 5 heteroatoms. The van der Waals surface area contributed by atoms with E-state index in [0.29, 0.717) is 24.4 Å². The minimum Gasteiger partial charge on any atom is -0.489 e. The normalized spacial score (nSPS) is 10.2. The molecule has 1 amide bonds. The SMILES string of the molecule is CNC(=O)CCNc1cccc(OC(C)C)c1N. The van der Waals surface area contributed by atoms with Gasteiger partial charge < -0.3 is 21.1 Å². The number of anilines is 2. The Kier molecular flexibility index (Phi) is 5.30. The maximum absolute atomic E-state index is 11.1.